The number of amides is 2. The van der Waals surface area contributed by atoms with Crippen molar-refractivity contribution >= 4 is 29.3 Å². The average molecular weight is 281 g/mol. The Balaban J connectivity index is 2.77. The fraction of sp³-hybridized carbons (Fsp3) is 0.250. The molecule has 1 aromatic rings. The Labute approximate surface area is 114 Å². The normalized spacial score (nSPS) is 9.80. The number of aliphatic carboxylic acids is 2. The predicted molar refractivity (Wildman–Crippen MR) is 71.5 cm³/mol. The quantitative estimate of drug-likeness (QED) is 0.556. The second-order valence-electron chi connectivity index (χ2n) is 3.95. The molecular weight excluding hydrogens is 266 g/mol. The van der Waals surface area contributed by atoms with E-state index >= 15 is 0 Å². The van der Waals surface area contributed by atoms with E-state index in [1.165, 1.54) is 24.3 Å². The zero-order chi connectivity index (χ0) is 15.1. The maximum Gasteiger partial charge on any atom is 0.323 e. The summed E-state index contributed by atoms with van der Waals surface area (Å²) < 4.78 is 0. The third kappa shape index (κ3) is 4.84. The van der Waals surface area contributed by atoms with Crippen molar-refractivity contribution in [3.63, 3.8) is 0 Å². The largest absolute Gasteiger partial charge is 0.481 e. The van der Waals surface area contributed by atoms with E-state index in [1.807, 2.05) is 0 Å². The molecule has 1 rings (SSSR count). The molecule has 0 spiro atoms. The van der Waals surface area contributed by atoms with E-state index < -0.39 is 24.5 Å². The Bertz CT molecular complexity index is 500. The fourth-order valence-electron chi connectivity index (χ4n) is 1.44. The number of nitrogens with zero attached hydrogens (tertiary/aromatic N) is 1. The van der Waals surface area contributed by atoms with Gasteiger partial charge in [0.2, 0.25) is 0 Å². The molecule has 0 unspecified atom stereocenters. The minimum atomic E-state index is -1.18. The van der Waals surface area contributed by atoms with E-state index in [1.54, 1.807) is 0 Å². The molecule has 0 aliphatic carbocycles. The van der Waals surface area contributed by atoms with Crippen molar-refractivity contribution in [2.75, 3.05) is 23.7 Å². The fourth-order valence-corrected chi connectivity index (χ4v) is 1.44. The molecule has 0 bridgehead atoms. The first-order valence-electron chi connectivity index (χ1n) is 5.74. The van der Waals surface area contributed by atoms with Crippen molar-refractivity contribution < 1.29 is 24.6 Å². The predicted octanol–water partition coefficient (Wildman–Crippen LogP) is 0.344. The van der Waals surface area contributed by atoms with E-state index in [4.69, 9.17) is 15.9 Å². The lowest BCUT2D eigenvalue weighted by Gasteiger charge is -2.21. The number of nitrogens with two attached hydrogens (primary N) is 1. The molecule has 2 amide bonds. The molecule has 20 heavy (non-hydrogen) atoms. The number of carboxylic acids is 2. The molecule has 0 saturated heterocycles. The van der Waals surface area contributed by atoms with Gasteiger partial charge in [-0.3, -0.25) is 14.5 Å². The minimum absolute atomic E-state index is 0.0841. The molecule has 5 N–H and O–H groups in total. The maximum atomic E-state index is 11.9. The van der Waals surface area contributed by atoms with Crippen molar-refractivity contribution in [3.8, 4) is 0 Å². The number of hydrogen-bond donors (Lipinski definition) is 4. The van der Waals surface area contributed by atoms with Crippen molar-refractivity contribution in [2.24, 2.45) is 0 Å². The number of carbonyl (C=O) groups is 3. The van der Waals surface area contributed by atoms with Crippen molar-refractivity contribution in [1.29, 1.82) is 0 Å². The molecule has 0 aromatic heterocycles. The summed E-state index contributed by atoms with van der Waals surface area (Å²) in [5.41, 5.74) is 6.35. The highest BCUT2D eigenvalue weighted by Crippen LogP contribution is 2.16. The van der Waals surface area contributed by atoms with Gasteiger partial charge in [-0.05, 0) is 24.3 Å². The van der Waals surface area contributed by atoms with Crippen LogP contribution in [0.15, 0.2) is 24.3 Å². The van der Waals surface area contributed by atoms with Crippen LogP contribution in [0.5, 0.6) is 0 Å². The molecule has 0 atom stereocenters. The van der Waals surface area contributed by atoms with Crippen LogP contribution in [0.4, 0.5) is 16.2 Å². The van der Waals surface area contributed by atoms with E-state index in [-0.39, 0.29) is 13.0 Å². The molecule has 1 aromatic carbocycles. The highest BCUT2D eigenvalue weighted by atomic mass is 16.4. The topological polar surface area (TPSA) is 133 Å². The maximum absolute atomic E-state index is 11.9. The van der Waals surface area contributed by atoms with Gasteiger partial charge in [-0.15, -0.1) is 0 Å². The number of hydrogen-bond acceptors (Lipinski definition) is 4. The third-order valence-corrected chi connectivity index (χ3v) is 2.36. The number of nitrogens with one attached hydrogen (secondary N) is 1. The number of benzene rings is 1. The molecule has 0 heterocycles. The average Bonchev–Trinajstić information content (AvgIpc) is 2.36. The number of nitrogen functional groups attached to an aromatic ring is 1. The summed E-state index contributed by atoms with van der Waals surface area (Å²) in [6, 6.07) is 5.41. The zero-order valence-corrected chi connectivity index (χ0v) is 10.6. The number of urea groups is 1. The third-order valence-electron chi connectivity index (χ3n) is 2.36. The Morgan fingerprint density at radius 2 is 1.70 bits per heavy atom. The summed E-state index contributed by atoms with van der Waals surface area (Å²) in [5, 5.41) is 19.7. The van der Waals surface area contributed by atoms with Crippen molar-refractivity contribution in [2.45, 2.75) is 6.42 Å². The highest BCUT2D eigenvalue weighted by Gasteiger charge is 2.18. The van der Waals surface area contributed by atoms with Gasteiger partial charge < -0.3 is 21.3 Å². The van der Waals surface area contributed by atoms with Crippen LogP contribution >= 0.6 is 0 Å². The SMILES string of the molecule is Nc1ccc(N(CC(=O)O)C(=O)NCCC(=O)O)cc1. The number of carboxylic acid groups (broad SMARTS) is 2. The Hall–Kier alpha value is -2.77. The van der Waals surface area contributed by atoms with Gasteiger partial charge in [0.1, 0.15) is 6.54 Å². The van der Waals surface area contributed by atoms with Crippen LogP contribution in [0.2, 0.25) is 0 Å². The molecule has 8 nitrogen and oxygen atoms in total. The summed E-state index contributed by atoms with van der Waals surface area (Å²) in [6.07, 6.45) is -0.242. The Morgan fingerprint density at radius 3 is 2.20 bits per heavy atom. The van der Waals surface area contributed by atoms with E-state index in [9.17, 15) is 14.4 Å². The molecule has 0 radical (unpaired) electrons. The lowest BCUT2D eigenvalue weighted by atomic mass is 10.2. The lowest BCUT2D eigenvalue weighted by Crippen LogP contribution is -2.43. The van der Waals surface area contributed by atoms with E-state index in [0.717, 1.165) is 4.90 Å². The van der Waals surface area contributed by atoms with E-state index in [2.05, 4.69) is 5.32 Å². The van der Waals surface area contributed by atoms with Crippen LogP contribution in [-0.4, -0.2) is 41.3 Å². The second-order valence-corrected chi connectivity index (χ2v) is 3.95. The van der Waals surface area contributed by atoms with Crippen LogP contribution < -0.4 is 16.0 Å². The molecular formula is C12H15N3O5. The lowest BCUT2D eigenvalue weighted by molar-refractivity contribution is -0.137. The second kappa shape index (κ2) is 6.98. The summed E-state index contributed by atoms with van der Waals surface area (Å²) >= 11 is 0. The van der Waals surface area contributed by atoms with Crippen LogP contribution in [0.3, 0.4) is 0 Å². The zero-order valence-electron chi connectivity index (χ0n) is 10.6. The number of anilines is 2. The van der Waals surface area contributed by atoms with Crippen LogP contribution in [0.1, 0.15) is 6.42 Å². The minimum Gasteiger partial charge on any atom is -0.481 e. The monoisotopic (exact) mass is 281 g/mol. The molecule has 8 heteroatoms. The summed E-state index contributed by atoms with van der Waals surface area (Å²) in [7, 11) is 0. The van der Waals surface area contributed by atoms with Crippen molar-refractivity contribution in [3.05, 3.63) is 24.3 Å². The number of rotatable bonds is 6. The first-order chi connectivity index (χ1) is 9.40. The molecule has 108 valence electrons. The Morgan fingerprint density at radius 1 is 1.10 bits per heavy atom. The van der Waals surface area contributed by atoms with Crippen LogP contribution in [-0.2, 0) is 9.59 Å². The molecule has 0 saturated carbocycles. The van der Waals surface area contributed by atoms with Gasteiger partial charge >= 0.3 is 18.0 Å². The van der Waals surface area contributed by atoms with Gasteiger partial charge in [-0.1, -0.05) is 0 Å². The van der Waals surface area contributed by atoms with Gasteiger partial charge in [0.25, 0.3) is 0 Å². The standard InChI is InChI=1S/C12H15N3O5/c13-8-1-3-9(4-2-8)15(7-11(18)19)12(20)14-6-5-10(16)17/h1-4H,5-7,13H2,(H,14,20)(H,16,17)(H,18,19). The van der Waals surface area contributed by atoms with Crippen molar-refractivity contribution in [1.82, 2.24) is 5.32 Å². The first kappa shape index (κ1) is 15.3. The summed E-state index contributed by atoms with van der Waals surface area (Å²) in [5.74, 6) is -2.24. The number of carbonyl (C=O) groups excluding carboxylic acids is 1. The Kier molecular flexibility index (Phi) is 5.33. The summed E-state index contributed by atoms with van der Waals surface area (Å²) in [6.45, 7) is -0.623. The van der Waals surface area contributed by atoms with E-state index in [0.29, 0.717) is 11.4 Å². The van der Waals surface area contributed by atoms with Crippen LogP contribution in [0, 0.1) is 0 Å². The first-order valence-corrected chi connectivity index (χ1v) is 5.74. The smallest absolute Gasteiger partial charge is 0.323 e. The molecule has 0 aliphatic rings. The van der Waals surface area contributed by atoms with Gasteiger partial charge in [0.05, 0.1) is 6.42 Å². The van der Waals surface area contributed by atoms with Gasteiger partial charge in [-0.2, -0.15) is 0 Å². The van der Waals surface area contributed by atoms with Gasteiger partial charge in [0, 0.05) is 17.9 Å². The summed E-state index contributed by atoms with van der Waals surface area (Å²) in [4.78, 5) is 34.0. The van der Waals surface area contributed by atoms with Gasteiger partial charge in [0.15, 0.2) is 0 Å². The molecule has 0 aliphatic heterocycles. The molecule has 0 fully saturated rings. The highest BCUT2D eigenvalue weighted by molar-refractivity contribution is 5.96. The van der Waals surface area contributed by atoms with Gasteiger partial charge in [-0.25, -0.2) is 4.79 Å². The van der Waals surface area contributed by atoms with Crippen LogP contribution in [0.25, 0.3) is 0 Å².